The van der Waals surface area contributed by atoms with E-state index in [1.165, 1.54) is 12.1 Å². The molecule has 0 bridgehead atoms. The molecule has 0 nitrogen and oxygen atoms in total. The number of hydrogen-bond donors (Lipinski definition) is 0. The van der Waals surface area contributed by atoms with Crippen molar-refractivity contribution in [1.29, 1.82) is 0 Å². The van der Waals surface area contributed by atoms with Gasteiger partial charge in [0, 0.05) is 6.42 Å². The molecule has 0 saturated carbocycles. The summed E-state index contributed by atoms with van der Waals surface area (Å²) in [6.07, 6.45) is 4.61. The van der Waals surface area contributed by atoms with Crippen molar-refractivity contribution < 1.29 is 64.3 Å². The largest absolute Gasteiger partial charge is 1.00 e. The van der Waals surface area contributed by atoms with E-state index in [4.69, 9.17) is 6.42 Å². The van der Waals surface area contributed by atoms with Crippen molar-refractivity contribution in [2.45, 2.75) is 12.7 Å². The molecule has 0 atom stereocenters. The average Bonchev–Trinajstić information content (AvgIpc) is 2.02. The van der Waals surface area contributed by atoms with Crippen LogP contribution in [0.2, 0.25) is 0 Å². The summed E-state index contributed by atoms with van der Waals surface area (Å²) in [7, 11) is 0. The fourth-order valence-electron chi connectivity index (χ4n) is 1.25. The predicted molar refractivity (Wildman–Crippen MR) is 51.8 cm³/mol. The van der Waals surface area contributed by atoms with Crippen molar-refractivity contribution >= 4 is 6.98 Å². The van der Waals surface area contributed by atoms with Gasteiger partial charge < -0.3 is 12.9 Å². The van der Waals surface area contributed by atoms with Crippen molar-refractivity contribution in [1.82, 2.24) is 0 Å². The van der Waals surface area contributed by atoms with E-state index >= 15 is 0 Å². The monoisotopic (exact) mass is 236 g/mol. The predicted octanol–water partition coefficient (Wildman–Crippen LogP) is -0.205. The number of rotatable bonds is 3. The number of halogens is 3. The zero-order valence-electron chi connectivity index (χ0n) is 8.51. The second-order valence-corrected chi connectivity index (χ2v) is 3.12. The molecule has 1 aromatic rings. The minimum Gasteiger partial charge on any atom is -0.449 e. The molecule has 0 unspecified atom stereocenters. The van der Waals surface area contributed by atoms with Crippen LogP contribution >= 0.6 is 0 Å². The van der Waals surface area contributed by atoms with Crippen LogP contribution in [-0.2, 0) is 12.7 Å². The van der Waals surface area contributed by atoms with E-state index in [2.05, 4.69) is 5.92 Å². The van der Waals surface area contributed by atoms with Gasteiger partial charge in [-0.2, -0.15) is 0 Å². The molecular formula is C10H9BF3K. The van der Waals surface area contributed by atoms with Crippen LogP contribution in [0.3, 0.4) is 0 Å². The van der Waals surface area contributed by atoms with Crippen molar-refractivity contribution in [3.8, 4) is 12.3 Å². The van der Waals surface area contributed by atoms with E-state index < -0.39 is 13.3 Å². The zero-order chi connectivity index (χ0) is 10.6. The molecule has 0 N–H and O–H groups in total. The molecule has 0 saturated heterocycles. The van der Waals surface area contributed by atoms with Crippen LogP contribution in [0, 0.1) is 12.3 Å². The van der Waals surface area contributed by atoms with Crippen molar-refractivity contribution in [2.24, 2.45) is 0 Å². The van der Waals surface area contributed by atoms with E-state index in [1.54, 1.807) is 12.1 Å². The Balaban J connectivity index is 0.00000196. The number of terminal acetylenes is 1. The smallest absolute Gasteiger partial charge is 0.449 e. The van der Waals surface area contributed by atoms with E-state index in [9.17, 15) is 12.9 Å². The standard InChI is InChI=1S/C10H9BF3.K/c1-2-4-9-5-3-6-10(7-9)8-11(12,13)14;/h1,3,5-7H,4,8H2;/q-1;+1. The number of hydrogen-bond acceptors (Lipinski definition) is 0. The molecule has 0 amide bonds. The summed E-state index contributed by atoms with van der Waals surface area (Å²) in [5.41, 5.74) is 1.04. The molecule has 5 heteroatoms. The average molecular weight is 236 g/mol. The van der Waals surface area contributed by atoms with Crippen LogP contribution in [0.15, 0.2) is 24.3 Å². The summed E-state index contributed by atoms with van der Waals surface area (Å²) < 4.78 is 36.2. The first-order valence-corrected chi connectivity index (χ1v) is 4.23. The summed E-state index contributed by atoms with van der Waals surface area (Å²) >= 11 is 0. The molecule has 0 aliphatic rings. The fourth-order valence-corrected chi connectivity index (χ4v) is 1.25. The van der Waals surface area contributed by atoms with Gasteiger partial charge in [-0.1, -0.05) is 36.1 Å². The van der Waals surface area contributed by atoms with E-state index in [1.807, 2.05) is 0 Å². The van der Waals surface area contributed by atoms with Gasteiger partial charge in [0.15, 0.2) is 0 Å². The van der Waals surface area contributed by atoms with Crippen LogP contribution in [0.1, 0.15) is 11.1 Å². The van der Waals surface area contributed by atoms with Crippen molar-refractivity contribution in [3.63, 3.8) is 0 Å². The first-order valence-electron chi connectivity index (χ1n) is 4.23. The fraction of sp³-hybridized carbons (Fsp3) is 0.200. The third kappa shape index (κ3) is 6.44. The molecule has 15 heavy (non-hydrogen) atoms. The van der Waals surface area contributed by atoms with E-state index in [-0.39, 0.29) is 56.9 Å². The maximum absolute atomic E-state index is 12.1. The summed E-state index contributed by atoms with van der Waals surface area (Å²) in [4.78, 5) is 0. The summed E-state index contributed by atoms with van der Waals surface area (Å²) in [5, 5.41) is 0. The first kappa shape index (κ1) is 15.3. The van der Waals surface area contributed by atoms with Gasteiger partial charge >= 0.3 is 58.4 Å². The van der Waals surface area contributed by atoms with Gasteiger partial charge in [-0.15, -0.1) is 12.3 Å². The van der Waals surface area contributed by atoms with Crippen LogP contribution < -0.4 is 51.4 Å². The third-order valence-corrected chi connectivity index (χ3v) is 1.76. The second-order valence-electron chi connectivity index (χ2n) is 3.12. The summed E-state index contributed by atoms with van der Waals surface area (Å²) in [5.74, 6) is 2.40. The Morgan fingerprint density at radius 2 is 1.80 bits per heavy atom. The Kier molecular flexibility index (Phi) is 6.89. The van der Waals surface area contributed by atoms with Gasteiger partial charge in [-0.3, -0.25) is 0 Å². The van der Waals surface area contributed by atoms with Gasteiger partial charge in [0.1, 0.15) is 0 Å². The minimum atomic E-state index is -4.76. The Bertz CT molecular complexity index is 354. The normalized spacial score (nSPS) is 10.3. The second kappa shape index (κ2) is 6.77. The van der Waals surface area contributed by atoms with Crippen LogP contribution in [0.25, 0.3) is 0 Å². The molecule has 0 heterocycles. The third-order valence-electron chi connectivity index (χ3n) is 1.76. The summed E-state index contributed by atoms with van der Waals surface area (Å²) in [6, 6.07) is 6.31. The minimum absolute atomic E-state index is 0. The first-order chi connectivity index (χ1) is 6.51. The topological polar surface area (TPSA) is 0 Å². The molecule has 0 aromatic heterocycles. The maximum atomic E-state index is 12.1. The molecule has 0 spiro atoms. The molecular weight excluding hydrogens is 227 g/mol. The Morgan fingerprint density at radius 3 is 2.33 bits per heavy atom. The maximum Gasteiger partial charge on any atom is 1.00 e. The van der Waals surface area contributed by atoms with Crippen LogP contribution in [0.4, 0.5) is 12.9 Å². The Morgan fingerprint density at radius 1 is 1.20 bits per heavy atom. The van der Waals surface area contributed by atoms with E-state index in [0.717, 1.165) is 5.56 Å². The van der Waals surface area contributed by atoms with Crippen LogP contribution in [0.5, 0.6) is 0 Å². The molecule has 1 aromatic carbocycles. The van der Waals surface area contributed by atoms with Gasteiger partial charge in [-0.05, 0) is 5.56 Å². The summed E-state index contributed by atoms with van der Waals surface area (Å²) in [6.45, 7) is -4.76. The molecule has 0 aliphatic carbocycles. The molecule has 1 rings (SSSR count). The zero-order valence-corrected chi connectivity index (χ0v) is 11.6. The molecule has 0 radical (unpaired) electrons. The van der Waals surface area contributed by atoms with Gasteiger partial charge in [0.05, 0.1) is 0 Å². The Labute approximate surface area is 130 Å². The van der Waals surface area contributed by atoms with E-state index in [0.29, 0.717) is 6.42 Å². The van der Waals surface area contributed by atoms with Crippen LogP contribution in [-0.4, -0.2) is 6.98 Å². The van der Waals surface area contributed by atoms with Gasteiger partial charge in [0.2, 0.25) is 0 Å². The van der Waals surface area contributed by atoms with Crippen molar-refractivity contribution in [3.05, 3.63) is 35.4 Å². The molecule has 0 fully saturated rings. The Hall–Kier alpha value is 0.271. The van der Waals surface area contributed by atoms with Gasteiger partial charge in [-0.25, -0.2) is 0 Å². The van der Waals surface area contributed by atoms with Gasteiger partial charge in [0.25, 0.3) is 0 Å². The quantitative estimate of drug-likeness (QED) is 0.503. The van der Waals surface area contributed by atoms with Crippen molar-refractivity contribution in [2.75, 3.05) is 0 Å². The molecule has 74 valence electrons. The number of benzene rings is 1. The molecule has 0 aliphatic heterocycles. The SMILES string of the molecule is C#CCc1cccc(C[B-](F)(F)F)c1.[K+].